The lowest BCUT2D eigenvalue weighted by atomic mass is 10.1. The first kappa shape index (κ1) is 11.7. The van der Waals surface area contributed by atoms with Gasteiger partial charge in [-0.15, -0.1) is 6.58 Å². The van der Waals surface area contributed by atoms with Crippen LogP contribution in [0.25, 0.3) is 0 Å². The molecule has 1 aliphatic rings. The standard InChI is InChI=1S/C12H24N2/c1-4-14(9-7-11(2)3)12-6-5-8-13-10-12/h12-13H,2,4-10H2,1,3H3. The Hall–Kier alpha value is -0.340. The summed E-state index contributed by atoms with van der Waals surface area (Å²) < 4.78 is 0. The molecule has 1 aliphatic heterocycles. The Bertz CT molecular complexity index is 171. The van der Waals surface area contributed by atoms with E-state index in [4.69, 9.17) is 0 Å². The van der Waals surface area contributed by atoms with Crippen molar-refractivity contribution in [2.24, 2.45) is 0 Å². The third kappa shape index (κ3) is 3.81. The van der Waals surface area contributed by atoms with E-state index >= 15 is 0 Å². The van der Waals surface area contributed by atoms with Crippen molar-refractivity contribution >= 4 is 0 Å². The Morgan fingerprint density at radius 3 is 2.86 bits per heavy atom. The number of hydrogen-bond donors (Lipinski definition) is 1. The van der Waals surface area contributed by atoms with Gasteiger partial charge in [0, 0.05) is 19.1 Å². The summed E-state index contributed by atoms with van der Waals surface area (Å²) in [5.41, 5.74) is 1.30. The summed E-state index contributed by atoms with van der Waals surface area (Å²) in [6.07, 6.45) is 3.83. The van der Waals surface area contributed by atoms with Crippen molar-refractivity contribution in [1.29, 1.82) is 0 Å². The predicted molar refractivity (Wildman–Crippen MR) is 62.6 cm³/mol. The van der Waals surface area contributed by atoms with Crippen LogP contribution in [-0.2, 0) is 0 Å². The van der Waals surface area contributed by atoms with Gasteiger partial charge in [0.1, 0.15) is 0 Å². The molecule has 0 aromatic heterocycles. The van der Waals surface area contributed by atoms with Crippen LogP contribution < -0.4 is 5.32 Å². The largest absolute Gasteiger partial charge is 0.315 e. The number of piperidine rings is 1. The van der Waals surface area contributed by atoms with Crippen molar-refractivity contribution in [3.63, 3.8) is 0 Å². The summed E-state index contributed by atoms with van der Waals surface area (Å²) in [5.74, 6) is 0. The highest BCUT2D eigenvalue weighted by molar-refractivity contribution is 4.90. The lowest BCUT2D eigenvalue weighted by Crippen LogP contribution is -2.46. The van der Waals surface area contributed by atoms with Gasteiger partial charge in [0.25, 0.3) is 0 Å². The summed E-state index contributed by atoms with van der Waals surface area (Å²) in [4.78, 5) is 2.58. The van der Waals surface area contributed by atoms with Crippen LogP contribution in [-0.4, -0.2) is 37.1 Å². The topological polar surface area (TPSA) is 15.3 Å². The molecule has 1 atom stereocenters. The maximum Gasteiger partial charge on any atom is 0.0221 e. The van der Waals surface area contributed by atoms with Crippen LogP contribution in [0.1, 0.15) is 33.1 Å². The molecule has 1 unspecified atom stereocenters. The molecule has 82 valence electrons. The van der Waals surface area contributed by atoms with Crippen LogP contribution in [0.5, 0.6) is 0 Å². The van der Waals surface area contributed by atoms with Crippen LogP contribution >= 0.6 is 0 Å². The number of nitrogens with one attached hydrogen (secondary N) is 1. The van der Waals surface area contributed by atoms with E-state index in [-0.39, 0.29) is 0 Å². The fourth-order valence-electron chi connectivity index (χ4n) is 2.08. The highest BCUT2D eigenvalue weighted by Gasteiger charge is 2.18. The molecule has 0 amide bonds. The summed E-state index contributed by atoms with van der Waals surface area (Å²) in [6.45, 7) is 13.1. The van der Waals surface area contributed by atoms with Gasteiger partial charge in [0.05, 0.1) is 0 Å². The van der Waals surface area contributed by atoms with Gasteiger partial charge < -0.3 is 5.32 Å². The zero-order valence-corrected chi connectivity index (χ0v) is 9.68. The second-order valence-corrected chi connectivity index (χ2v) is 4.34. The fraction of sp³-hybridized carbons (Fsp3) is 0.833. The van der Waals surface area contributed by atoms with Crippen LogP contribution in [0, 0.1) is 0 Å². The predicted octanol–water partition coefficient (Wildman–Crippen LogP) is 2.03. The van der Waals surface area contributed by atoms with Crippen molar-refractivity contribution in [3.8, 4) is 0 Å². The van der Waals surface area contributed by atoms with Crippen molar-refractivity contribution in [2.75, 3.05) is 26.2 Å². The van der Waals surface area contributed by atoms with Crippen LogP contribution in [0.2, 0.25) is 0 Å². The normalized spacial score (nSPS) is 22.6. The molecule has 1 fully saturated rings. The molecule has 14 heavy (non-hydrogen) atoms. The Labute approximate surface area is 88.4 Å². The molecular formula is C12H24N2. The van der Waals surface area contributed by atoms with E-state index in [1.54, 1.807) is 0 Å². The quantitative estimate of drug-likeness (QED) is 0.677. The van der Waals surface area contributed by atoms with E-state index < -0.39 is 0 Å². The van der Waals surface area contributed by atoms with Crippen LogP contribution in [0.4, 0.5) is 0 Å². The lowest BCUT2D eigenvalue weighted by Gasteiger charge is -2.33. The van der Waals surface area contributed by atoms with E-state index in [0.717, 1.165) is 12.5 Å². The van der Waals surface area contributed by atoms with Gasteiger partial charge in [-0.05, 0) is 39.3 Å². The minimum Gasteiger partial charge on any atom is -0.315 e. The number of hydrogen-bond acceptors (Lipinski definition) is 2. The molecule has 0 aromatic carbocycles. The minimum absolute atomic E-state index is 0.757. The Morgan fingerprint density at radius 1 is 1.57 bits per heavy atom. The first-order valence-electron chi connectivity index (χ1n) is 5.83. The first-order chi connectivity index (χ1) is 6.74. The van der Waals surface area contributed by atoms with Gasteiger partial charge >= 0.3 is 0 Å². The first-order valence-corrected chi connectivity index (χ1v) is 5.83. The van der Waals surface area contributed by atoms with E-state index in [2.05, 4.69) is 30.6 Å². The average Bonchev–Trinajstić information content (AvgIpc) is 2.20. The third-order valence-electron chi connectivity index (χ3n) is 3.02. The van der Waals surface area contributed by atoms with E-state index in [0.29, 0.717) is 0 Å². The van der Waals surface area contributed by atoms with E-state index in [9.17, 15) is 0 Å². The molecule has 2 heteroatoms. The van der Waals surface area contributed by atoms with Gasteiger partial charge in [0.15, 0.2) is 0 Å². The van der Waals surface area contributed by atoms with Crippen molar-refractivity contribution < 1.29 is 0 Å². The molecule has 0 aromatic rings. The summed E-state index contributed by atoms with van der Waals surface area (Å²) in [6, 6.07) is 0.757. The van der Waals surface area contributed by atoms with E-state index in [1.165, 1.54) is 44.6 Å². The second-order valence-electron chi connectivity index (χ2n) is 4.34. The highest BCUT2D eigenvalue weighted by Crippen LogP contribution is 2.11. The number of likely N-dealkylation sites (N-methyl/N-ethyl adjacent to an activating group) is 1. The smallest absolute Gasteiger partial charge is 0.0221 e. The highest BCUT2D eigenvalue weighted by atomic mass is 15.2. The maximum atomic E-state index is 3.96. The van der Waals surface area contributed by atoms with Gasteiger partial charge in [-0.2, -0.15) is 0 Å². The molecule has 2 nitrogen and oxygen atoms in total. The van der Waals surface area contributed by atoms with Crippen LogP contribution in [0.15, 0.2) is 12.2 Å². The number of rotatable bonds is 5. The van der Waals surface area contributed by atoms with Gasteiger partial charge in [-0.3, -0.25) is 4.90 Å². The average molecular weight is 196 g/mol. The monoisotopic (exact) mass is 196 g/mol. The van der Waals surface area contributed by atoms with Crippen LogP contribution in [0.3, 0.4) is 0 Å². The SMILES string of the molecule is C=C(C)CCN(CC)C1CCCNC1. The zero-order chi connectivity index (χ0) is 10.4. The molecule has 0 saturated carbocycles. The van der Waals surface area contributed by atoms with E-state index in [1.807, 2.05) is 0 Å². The van der Waals surface area contributed by atoms with Gasteiger partial charge in [-0.25, -0.2) is 0 Å². The zero-order valence-electron chi connectivity index (χ0n) is 9.68. The minimum atomic E-state index is 0.757. The molecule has 0 spiro atoms. The fourth-order valence-corrected chi connectivity index (χ4v) is 2.08. The molecule has 1 rings (SSSR count). The maximum absolute atomic E-state index is 3.96. The summed E-state index contributed by atoms with van der Waals surface area (Å²) >= 11 is 0. The molecule has 0 radical (unpaired) electrons. The molecular weight excluding hydrogens is 172 g/mol. The molecule has 0 aliphatic carbocycles. The Kier molecular flexibility index (Phi) is 5.20. The summed E-state index contributed by atoms with van der Waals surface area (Å²) in [7, 11) is 0. The molecule has 0 bridgehead atoms. The molecule has 1 N–H and O–H groups in total. The second kappa shape index (κ2) is 6.20. The van der Waals surface area contributed by atoms with Crippen molar-refractivity contribution in [1.82, 2.24) is 10.2 Å². The van der Waals surface area contributed by atoms with Crippen molar-refractivity contribution in [2.45, 2.75) is 39.2 Å². The molecule has 1 heterocycles. The third-order valence-corrected chi connectivity index (χ3v) is 3.02. The van der Waals surface area contributed by atoms with Gasteiger partial charge in [-0.1, -0.05) is 12.5 Å². The lowest BCUT2D eigenvalue weighted by molar-refractivity contribution is 0.176. The Balaban J connectivity index is 2.31. The Morgan fingerprint density at radius 2 is 2.36 bits per heavy atom. The molecule has 1 saturated heterocycles. The van der Waals surface area contributed by atoms with Gasteiger partial charge in [0.2, 0.25) is 0 Å². The number of nitrogens with zero attached hydrogens (tertiary/aromatic N) is 1. The summed E-state index contributed by atoms with van der Waals surface area (Å²) in [5, 5.41) is 3.47. The van der Waals surface area contributed by atoms with Crippen molar-refractivity contribution in [3.05, 3.63) is 12.2 Å².